The van der Waals surface area contributed by atoms with Crippen LogP contribution < -0.4 is 0 Å². The van der Waals surface area contributed by atoms with Crippen LogP contribution in [0.3, 0.4) is 0 Å². The van der Waals surface area contributed by atoms with Crippen molar-refractivity contribution in [2.24, 2.45) is 0 Å². The highest BCUT2D eigenvalue weighted by atomic mass is 15.3. The predicted molar refractivity (Wildman–Crippen MR) is 256 cm³/mol. The van der Waals surface area contributed by atoms with Crippen LogP contribution >= 0.6 is 0 Å². The Bertz CT molecular complexity index is 4920. The quantitative estimate of drug-likeness (QED) is 0.178. The number of hydrogen-bond donors (Lipinski definition) is 0. The van der Waals surface area contributed by atoms with Gasteiger partial charge in [-0.3, -0.25) is 9.13 Å². The zero-order chi connectivity index (χ0) is 58.6. The molecule has 2 aliphatic rings. The molecule has 1 spiro atoms. The number of para-hydroxylation sites is 3. The van der Waals surface area contributed by atoms with Crippen molar-refractivity contribution in [2.75, 3.05) is 0 Å². The average molecular weight is 822 g/mol. The van der Waals surface area contributed by atoms with E-state index in [1.54, 1.807) is 12.1 Å². The van der Waals surface area contributed by atoms with Gasteiger partial charge in [0, 0.05) is 27.1 Å². The minimum absolute atomic E-state index is 0.207. The van der Waals surface area contributed by atoms with E-state index in [2.05, 4.69) is 24.3 Å². The molecule has 63 heavy (non-hydrogen) atoms. The number of fused-ring (bicyclic) bond motifs is 16. The van der Waals surface area contributed by atoms with Crippen molar-refractivity contribution in [3.05, 3.63) is 234 Å². The Hall–Kier alpha value is -8.41. The Morgan fingerprint density at radius 3 is 1.43 bits per heavy atom. The number of rotatable bonds is 4. The summed E-state index contributed by atoms with van der Waals surface area (Å²) in [5.41, 5.74) is 3.42. The maximum Gasteiger partial charge on any atom is 0.240 e. The van der Waals surface area contributed by atoms with Crippen LogP contribution in [0.1, 0.15) is 49.7 Å². The first kappa shape index (κ1) is 20.4. The third kappa shape index (κ3) is 4.57. The first-order chi connectivity index (χ1) is 39.6. The van der Waals surface area contributed by atoms with Crippen molar-refractivity contribution in [3.8, 4) is 56.7 Å². The van der Waals surface area contributed by atoms with E-state index >= 15 is 0 Å². The molecule has 0 N–H and O–H groups in total. The van der Waals surface area contributed by atoms with Crippen molar-refractivity contribution in [2.45, 2.75) is 5.41 Å². The largest absolute Gasteiger partial charge is 0.278 e. The fourth-order valence-electron chi connectivity index (χ4n) is 9.84. The van der Waals surface area contributed by atoms with Gasteiger partial charge in [-0.1, -0.05) is 188 Å². The highest BCUT2D eigenvalue weighted by molar-refractivity contribution is 6.11. The highest BCUT2D eigenvalue weighted by Gasteiger charge is 2.52. The number of nitrogens with zero attached hydrogens (tertiary/aromatic N) is 5. The molecule has 292 valence electrons. The molecule has 12 aromatic rings. The third-order valence-electron chi connectivity index (χ3n) is 12.2. The zero-order valence-electron chi connectivity index (χ0n) is 52.4. The molecule has 3 aromatic heterocycles. The molecule has 0 saturated carbocycles. The van der Waals surface area contributed by atoms with Crippen molar-refractivity contribution >= 4 is 43.6 Å². The van der Waals surface area contributed by atoms with Crippen molar-refractivity contribution in [3.63, 3.8) is 0 Å². The van der Waals surface area contributed by atoms with E-state index in [9.17, 15) is 12.3 Å². The Morgan fingerprint density at radius 2 is 0.825 bits per heavy atom. The standard InChI is InChI=1S/C58H35N5/c1-2-17-36(18-3-1)37-33-34-43-42-23-9-15-32-52(42)63(53(43)35-37)57-60-55(59-56(61-57)62-50-30-13-7-21-40(50)41-22-8-14-31-51(41)62)45-25-16-29-49-54(45)44-24-6-12-28-48(44)58(49)46-26-10-4-19-38(46)39-20-5-11-27-47(39)58/h1-35H/i1D,2D,3D,7D,8D,9D,13D,14D,15D,17D,18D,21D,22D,23D,30D,31D,32D,33D,34D,35D. The Kier molecular flexibility index (Phi) is 4.15. The molecule has 0 atom stereocenters. The first-order valence-electron chi connectivity index (χ1n) is 29.9. The van der Waals surface area contributed by atoms with Crippen LogP contribution in [0.25, 0.3) is 100 Å². The van der Waals surface area contributed by atoms with Gasteiger partial charge in [-0.25, -0.2) is 0 Å². The Balaban J connectivity index is 1.21. The third-order valence-corrected chi connectivity index (χ3v) is 12.2. The maximum absolute atomic E-state index is 10.1. The molecule has 0 fully saturated rings. The number of aromatic nitrogens is 5. The van der Waals surface area contributed by atoms with Crippen LogP contribution in [0, 0.1) is 0 Å². The highest BCUT2D eigenvalue weighted by Crippen LogP contribution is 2.63. The molecule has 0 unspecified atom stereocenters. The molecule has 14 rings (SSSR count). The normalized spacial score (nSPS) is 17.7. The molecule has 0 amide bonds. The van der Waals surface area contributed by atoms with Gasteiger partial charge in [0.1, 0.15) is 0 Å². The molecule has 9 aromatic carbocycles. The van der Waals surface area contributed by atoms with Crippen molar-refractivity contribution < 1.29 is 27.4 Å². The lowest BCUT2D eigenvalue weighted by Gasteiger charge is -2.30. The molecular weight excluding hydrogens is 767 g/mol. The van der Waals surface area contributed by atoms with E-state index in [1.807, 2.05) is 54.6 Å². The minimum Gasteiger partial charge on any atom is -0.278 e. The molecule has 5 heteroatoms. The van der Waals surface area contributed by atoms with E-state index in [0.29, 0.717) is 11.1 Å². The lowest BCUT2D eigenvalue weighted by Crippen LogP contribution is -2.25. The molecule has 5 nitrogen and oxygen atoms in total. The fraction of sp³-hybridized carbons (Fsp3) is 0.0172. The molecule has 3 heterocycles. The van der Waals surface area contributed by atoms with Crippen LogP contribution in [0.15, 0.2) is 212 Å². The summed E-state index contributed by atoms with van der Waals surface area (Å²) in [5, 5.41) is -1.43. The minimum atomic E-state index is -0.929. The van der Waals surface area contributed by atoms with Crippen LogP contribution in [-0.4, -0.2) is 24.1 Å². The van der Waals surface area contributed by atoms with E-state index in [-0.39, 0.29) is 33.0 Å². The molecule has 2 aliphatic carbocycles. The summed E-state index contributed by atoms with van der Waals surface area (Å²) in [7, 11) is 0. The summed E-state index contributed by atoms with van der Waals surface area (Å²) < 4.78 is 184. The van der Waals surface area contributed by atoms with E-state index < -0.39 is 166 Å². The zero-order valence-corrected chi connectivity index (χ0v) is 32.4. The maximum atomic E-state index is 10.1. The summed E-state index contributed by atoms with van der Waals surface area (Å²) in [6, 6.07) is 14.4. The smallest absolute Gasteiger partial charge is 0.240 e. The van der Waals surface area contributed by atoms with E-state index in [4.69, 9.17) is 30.0 Å². The number of hydrogen-bond acceptors (Lipinski definition) is 3. The van der Waals surface area contributed by atoms with Gasteiger partial charge < -0.3 is 0 Å². The Morgan fingerprint density at radius 1 is 0.365 bits per heavy atom. The summed E-state index contributed by atoms with van der Waals surface area (Å²) in [6.45, 7) is 0. The summed E-state index contributed by atoms with van der Waals surface area (Å²) in [6.07, 6.45) is 0. The second-order valence-corrected chi connectivity index (χ2v) is 15.2. The van der Waals surface area contributed by atoms with E-state index in [0.717, 1.165) is 48.1 Å². The van der Waals surface area contributed by atoms with Gasteiger partial charge in [-0.2, -0.15) is 15.0 Å². The lowest BCUT2D eigenvalue weighted by molar-refractivity contribution is 0.793. The van der Waals surface area contributed by atoms with Gasteiger partial charge in [-0.05, 0) is 79.8 Å². The predicted octanol–water partition coefficient (Wildman–Crippen LogP) is 13.7. The van der Waals surface area contributed by atoms with Crippen LogP contribution in [0.4, 0.5) is 0 Å². The average Bonchev–Trinajstić information content (AvgIpc) is 1.79. The number of benzene rings is 9. The molecule has 0 saturated heterocycles. The summed E-state index contributed by atoms with van der Waals surface area (Å²) >= 11 is 0. The van der Waals surface area contributed by atoms with Gasteiger partial charge in [0.15, 0.2) is 5.82 Å². The van der Waals surface area contributed by atoms with Gasteiger partial charge in [0.05, 0.1) is 54.9 Å². The molecule has 0 aliphatic heterocycles. The van der Waals surface area contributed by atoms with Crippen LogP contribution in [-0.2, 0) is 5.41 Å². The monoisotopic (exact) mass is 821 g/mol. The van der Waals surface area contributed by atoms with Gasteiger partial charge in [-0.15, -0.1) is 0 Å². The summed E-state index contributed by atoms with van der Waals surface area (Å²) in [4.78, 5) is 15.2. The topological polar surface area (TPSA) is 48.5 Å². The van der Waals surface area contributed by atoms with Crippen LogP contribution in [0.2, 0.25) is 0 Å². The second-order valence-electron chi connectivity index (χ2n) is 15.2. The van der Waals surface area contributed by atoms with Crippen LogP contribution in [0.5, 0.6) is 0 Å². The molecule has 0 radical (unpaired) electrons. The van der Waals surface area contributed by atoms with Gasteiger partial charge >= 0.3 is 0 Å². The molecule has 0 bridgehead atoms. The van der Waals surface area contributed by atoms with Crippen molar-refractivity contribution in [1.82, 2.24) is 24.1 Å². The van der Waals surface area contributed by atoms with E-state index in [1.165, 1.54) is 0 Å². The second kappa shape index (κ2) is 12.8. The lowest BCUT2D eigenvalue weighted by atomic mass is 9.70. The SMILES string of the molecule is [2H]c1c([2H])c([2H])c(-c2c([2H])c([2H])c3c4c([2H])c([2H])c([2H])c([2H])c4n(-c4nc(-c5cccc6c5-c5ccccc5C65c6ccccc6-c6ccccc65)nc(-n5c6c([2H])c([2H])c([2H])c([2H])c6c6c([2H])c([2H])c([2H])c([2H])c65)n4)c3c2[2H])c([2H])c1[2H]. The fourth-order valence-corrected chi connectivity index (χ4v) is 9.84. The molecular formula is C58H35N5. The Labute approximate surface area is 391 Å². The summed E-state index contributed by atoms with van der Waals surface area (Å²) in [5.74, 6) is -1.34. The van der Waals surface area contributed by atoms with Crippen molar-refractivity contribution in [1.29, 1.82) is 0 Å². The van der Waals surface area contributed by atoms with Gasteiger partial charge in [0.25, 0.3) is 0 Å². The first-order valence-corrected chi connectivity index (χ1v) is 19.9. The van der Waals surface area contributed by atoms with Gasteiger partial charge in [0.2, 0.25) is 11.9 Å².